The summed E-state index contributed by atoms with van der Waals surface area (Å²) < 4.78 is 5.30. The Hall–Kier alpha value is -0.530. The maximum atomic E-state index is 10.7. The highest BCUT2D eigenvalue weighted by Crippen LogP contribution is 2.41. The average molecular weight is 156 g/mol. The molecule has 1 aliphatic carbocycles. The van der Waals surface area contributed by atoms with Gasteiger partial charge in [-0.05, 0) is 25.2 Å². The number of carbonyl (C=O) groups is 1. The predicted molar refractivity (Wildman–Crippen MR) is 43.2 cm³/mol. The minimum absolute atomic E-state index is 0.105. The Balaban J connectivity index is 2.53. The molecule has 0 heterocycles. The first-order valence-electron chi connectivity index (χ1n) is 4.26. The molecule has 0 radical (unpaired) electrons. The summed E-state index contributed by atoms with van der Waals surface area (Å²) in [6.45, 7) is 5.71. The van der Waals surface area contributed by atoms with Crippen molar-refractivity contribution < 1.29 is 9.53 Å². The van der Waals surface area contributed by atoms with Gasteiger partial charge in [0.15, 0.2) is 0 Å². The summed E-state index contributed by atoms with van der Waals surface area (Å²) in [5.41, 5.74) is -0.105. The molecule has 1 rings (SSSR count). The molecule has 0 aromatic heterocycles. The molecule has 0 bridgehead atoms. The van der Waals surface area contributed by atoms with Gasteiger partial charge in [-0.1, -0.05) is 13.8 Å². The summed E-state index contributed by atoms with van der Waals surface area (Å²) in [4.78, 5) is 10.7. The zero-order valence-corrected chi connectivity index (χ0v) is 7.52. The van der Waals surface area contributed by atoms with Crippen molar-refractivity contribution in [3.63, 3.8) is 0 Å². The van der Waals surface area contributed by atoms with Crippen LogP contribution < -0.4 is 0 Å². The number of rotatable bonds is 2. The van der Waals surface area contributed by atoms with E-state index in [4.69, 9.17) is 4.74 Å². The molecule has 2 heteroatoms. The molecule has 0 aliphatic heterocycles. The molecule has 0 aromatic carbocycles. The van der Waals surface area contributed by atoms with Crippen LogP contribution in [0.3, 0.4) is 0 Å². The Morgan fingerprint density at radius 2 is 2.00 bits per heavy atom. The Morgan fingerprint density at radius 1 is 1.45 bits per heavy atom. The number of esters is 1. The van der Waals surface area contributed by atoms with E-state index in [-0.39, 0.29) is 11.6 Å². The van der Waals surface area contributed by atoms with Gasteiger partial charge in [-0.3, -0.25) is 4.79 Å². The van der Waals surface area contributed by atoms with Gasteiger partial charge >= 0.3 is 5.97 Å². The lowest BCUT2D eigenvalue weighted by Gasteiger charge is -2.44. The van der Waals surface area contributed by atoms with E-state index in [0.717, 1.165) is 12.8 Å². The van der Waals surface area contributed by atoms with Crippen molar-refractivity contribution in [2.75, 3.05) is 0 Å². The third kappa shape index (κ3) is 1.55. The molecule has 2 nitrogen and oxygen atoms in total. The van der Waals surface area contributed by atoms with E-state index in [2.05, 4.69) is 13.8 Å². The largest absolute Gasteiger partial charge is 0.459 e. The zero-order chi connectivity index (χ0) is 8.48. The zero-order valence-electron chi connectivity index (χ0n) is 7.52. The van der Waals surface area contributed by atoms with Crippen LogP contribution in [0, 0.1) is 5.92 Å². The summed E-state index contributed by atoms with van der Waals surface area (Å²) in [7, 11) is 0. The van der Waals surface area contributed by atoms with Crippen molar-refractivity contribution >= 4 is 5.97 Å². The predicted octanol–water partition coefficient (Wildman–Crippen LogP) is 2.13. The van der Waals surface area contributed by atoms with E-state index >= 15 is 0 Å². The standard InChI is InChI=1S/C9H16O2/c1-7(2)9(5-4-6-9)11-8(3)10/h7H,4-6H2,1-3H3. The summed E-state index contributed by atoms with van der Waals surface area (Å²) in [6, 6.07) is 0. The summed E-state index contributed by atoms with van der Waals surface area (Å²) in [6.07, 6.45) is 3.29. The third-order valence-electron chi connectivity index (χ3n) is 2.60. The fourth-order valence-corrected chi connectivity index (χ4v) is 1.61. The van der Waals surface area contributed by atoms with Crippen LogP contribution in [0.4, 0.5) is 0 Å². The molecule has 0 saturated heterocycles. The van der Waals surface area contributed by atoms with Crippen molar-refractivity contribution in [1.29, 1.82) is 0 Å². The molecule has 0 N–H and O–H groups in total. The van der Waals surface area contributed by atoms with Crippen LogP contribution in [-0.4, -0.2) is 11.6 Å². The van der Waals surface area contributed by atoms with Crippen molar-refractivity contribution in [2.24, 2.45) is 5.92 Å². The van der Waals surface area contributed by atoms with Crippen LogP contribution in [0.25, 0.3) is 0 Å². The number of carbonyl (C=O) groups excluding carboxylic acids is 1. The minimum atomic E-state index is -0.140. The molecule has 0 atom stereocenters. The van der Waals surface area contributed by atoms with Gasteiger partial charge in [-0.15, -0.1) is 0 Å². The summed E-state index contributed by atoms with van der Waals surface area (Å²) >= 11 is 0. The molecular weight excluding hydrogens is 140 g/mol. The van der Waals surface area contributed by atoms with Gasteiger partial charge in [0.05, 0.1) is 0 Å². The van der Waals surface area contributed by atoms with E-state index in [1.807, 2.05) is 0 Å². The molecule has 11 heavy (non-hydrogen) atoms. The van der Waals surface area contributed by atoms with Gasteiger partial charge in [0, 0.05) is 6.92 Å². The van der Waals surface area contributed by atoms with E-state index in [0.29, 0.717) is 5.92 Å². The smallest absolute Gasteiger partial charge is 0.303 e. The van der Waals surface area contributed by atoms with Crippen molar-refractivity contribution in [3.8, 4) is 0 Å². The molecule has 64 valence electrons. The average Bonchev–Trinajstić information content (AvgIpc) is 1.77. The quantitative estimate of drug-likeness (QED) is 0.572. The van der Waals surface area contributed by atoms with Gasteiger partial charge in [-0.25, -0.2) is 0 Å². The van der Waals surface area contributed by atoms with Gasteiger partial charge in [0.2, 0.25) is 0 Å². The topological polar surface area (TPSA) is 26.3 Å². The van der Waals surface area contributed by atoms with E-state index in [1.165, 1.54) is 13.3 Å². The fraction of sp³-hybridized carbons (Fsp3) is 0.889. The second-order valence-electron chi connectivity index (χ2n) is 3.67. The minimum Gasteiger partial charge on any atom is -0.459 e. The van der Waals surface area contributed by atoms with Gasteiger partial charge in [0.1, 0.15) is 5.60 Å². The van der Waals surface area contributed by atoms with Gasteiger partial charge in [-0.2, -0.15) is 0 Å². The van der Waals surface area contributed by atoms with Crippen LogP contribution in [0.15, 0.2) is 0 Å². The van der Waals surface area contributed by atoms with E-state index in [1.54, 1.807) is 0 Å². The first-order chi connectivity index (χ1) is 5.07. The number of ether oxygens (including phenoxy) is 1. The molecule has 1 aliphatic rings. The van der Waals surface area contributed by atoms with Crippen molar-refractivity contribution in [2.45, 2.75) is 45.6 Å². The normalized spacial score (nSPS) is 21.1. The lowest BCUT2D eigenvalue weighted by Crippen LogP contribution is -2.46. The highest BCUT2D eigenvalue weighted by Gasteiger charge is 2.42. The third-order valence-corrected chi connectivity index (χ3v) is 2.60. The second kappa shape index (κ2) is 2.84. The highest BCUT2D eigenvalue weighted by molar-refractivity contribution is 5.66. The van der Waals surface area contributed by atoms with Gasteiger partial charge < -0.3 is 4.74 Å². The van der Waals surface area contributed by atoms with E-state index < -0.39 is 0 Å². The second-order valence-corrected chi connectivity index (χ2v) is 3.67. The Kier molecular flexibility index (Phi) is 2.21. The molecular formula is C9H16O2. The lowest BCUT2D eigenvalue weighted by molar-refractivity contribution is -0.174. The Morgan fingerprint density at radius 3 is 2.09 bits per heavy atom. The van der Waals surface area contributed by atoms with Crippen molar-refractivity contribution in [3.05, 3.63) is 0 Å². The summed E-state index contributed by atoms with van der Waals surface area (Å²) in [5.74, 6) is 0.318. The summed E-state index contributed by atoms with van der Waals surface area (Å²) in [5, 5.41) is 0. The number of hydrogen-bond donors (Lipinski definition) is 0. The van der Waals surface area contributed by atoms with Crippen molar-refractivity contribution in [1.82, 2.24) is 0 Å². The highest BCUT2D eigenvalue weighted by atomic mass is 16.6. The molecule has 0 unspecified atom stereocenters. The Bertz CT molecular complexity index is 157. The fourth-order valence-electron chi connectivity index (χ4n) is 1.61. The first-order valence-corrected chi connectivity index (χ1v) is 4.26. The first kappa shape index (κ1) is 8.57. The Labute approximate surface area is 67.9 Å². The monoisotopic (exact) mass is 156 g/mol. The molecule has 0 spiro atoms. The molecule has 0 amide bonds. The molecule has 1 fully saturated rings. The number of hydrogen-bond acceptors (Lipinski definition) is 2. The lowest BCUT2D eigenvalue weighted by atomic mass is 9.72. The van der Waals surface area contributed by atoms with Crippen LogP contribution in [-0.2, 0) is 9.53 Å². The van der Waals surface area contributed by atoms with Crippen LogP contribution in [0.1, 0.15) is 40.0 Å². The maximum absolute atomic E-state index is 10.7. The van der Waals surface area contributed by atoms with Gasteiger partial charge in [0.25, 0.3) is 0 Å². The van der Waals surface area contributed by atoms with Crippen LogP contribution in [0.2, 0.25) is 0 Å². The molecule has 1 saturated carbocycles. The van der Waals surface area contributed by atoms with Crippen LogP contribution in [0.5, 0.6) is 0 Å². The van der Waals surface area contributed by atoms with Crippen LogP contribution >= 0.6 is 0 Å². The maximum Gasteiger partial charge on any atom is 0.303 e. The molecule has 0 aromatic rings. The van der Waals surface area contributed by atoms with E-state index in [9.17, 15) is 4.79 Å². The SMILES string of the molecule is CC(=O)OC1(C(C)C)CCC1.